The molecule has 0 aromatic heterocycles. The number of halogens is 1. The maximum Gasteiger partial charge on any atom is 0.323 e. The molecular weight excluding hydrogens is 312 g/mol. The van der Waals surface area contributed by atoms with Gasteiger partial charge in [-0.1, -0.05) is 22.9 Å². The van der Waals surface area contributed by atoms with E-state index in [1.54, 1.807) is 23.1 Å². The Morgan fingerprint density at radius 2 is 2.11 bits per heavy atom. The molecule has 1 rings (SSSR count). The van der Waals surface area contributed by atoms with Crippen LogP contribution in [-0.2, 0) is 4.79 Å². The molecule has 0 aliphatic heterocycles. The molecule has 0 spiro atoms. The van der Waals surface area contributed by atoms with Gasteiger partial charge in [0, 0.05) is 10.5 Å². The number of carbonyl (C=O) groups excluding carboxylic acids is 1. The van der Waals surface area contributed by atoms with Crippen LogP contribution in [0.25, 0.3) is 0 Å². The molecule has 19 heavy (non-hydrogen) atoms. The molecule has 5 nitrogen and oxygen atoms in total. The Labute approximate surface area is 120 Å². The van der Waals surface area contributed by atoms with Crippen molar-refractivity contribution in [3.8, 4) is 0 Å². The summed E-state index contributed by atoms with van der Waals surface area (Å²) >= 11 is 3.28. The molecule has 3 N–H and O–H groups in total. The normalized spacial score (nSPS) is 11.9. The standard InChI is InChI=1S/C13H17BrN2O3/c1-3-8(2)16(7-12(17)18)11-5-4-9(14)6-10(11)13(15)19/h4-6,8H,3,7H2,1-2H3,(H2,15,19)(H,17,18). The minimum atomic E-state index is -0.946. The highest BCUT2D eigenvalue weighted by atomic mass is 79.9. The molecule has 1 amide bonds. The van der Waals surface area contributed by atoms with Gasteiger partial charge in [0.2, 0.25) is 0 Å². The predicted molar refractivity (Wildman–Crippen MR) is 77.4 cm³/mol. The topological polar surface area (TPSA) is 83.6 Å². The number of amides is 1. The van der Waals surface area contributed by atoms with E-state index < -0.39 is 11.9 Å². The number of anilines is 1. The number of aliphatic carboxylic acids is 1. The van der Waals surface area contributed by atoms with E-state index in [2.05, 4.69) is 15.9 Å². The SMILES string of the molecule is CCC(C)N(CC(=O)O)c1ccc(Br)cc1C(N)=O. The second-order valence-electron chi connectivity index (χ2n) is 4.30. The first-order valence-corrected chi connectivity index (χ1v) is 6.73. The second-order valence-corrected chi connectivity index (χ2v) is 5.22. The van der Waals surface area contributed by atoms with Crippen LogP contribution in [0.1, 0.15) is 30.6 Å². The van der Waals surface area contributed by atoms with Gasteiger partial charge in [-0.15, -0.1) is 0 Å². The van der Waals surface area contributed by atoms with E-state index in [1.807, 2.05) is 13.8 Å². The minimum Gasteiger partial charge on any atom is -0.480 e. The summed E-state index contributed by atoms with van der Waals surface area (Å²) in [7, 11) is 0. The number of primary amides is 1. The average molecular weight is 329 g/mol. The van der Waals surface area contributed by atoms with Gasteiger partial charge < -0.3 is 15.7 Å². The third kappa shape index (κ3) is 3.96. The van der Waals surface area contributed by atoms with Crippen molar-refractivity contribution in [2.45, 2.75) is 26.3 Å². The van der Waals surface area contributed by atoms with Gasteiger partial charge in [-0.25, -0.2) is 0 Å². The molecule has 0 heterocycles. The zero-order chi connectivity index (χ0) is 14.6. The maximum atomic E-state index is 11.5. The van der Waals surface area contributed by atoms with Crippen molar-refractivity contribution in [2.24, 2.45) is 5.73 Å². The van der Waals surface area contributed by atoms with E-state index in [-0.39, 0.29) is 12.6 Å². The maximum absolute atomic E-state index is 11.5. The minimum absolute atomic E-state index is 0.00428. The average Bonchev–Trinajstić information content (AvgIpc) is 2.35. The summed E-state index contributed by atoms with van der Waals surface area (Å²) < 4.78 is 0.726. The van der Waals surface area contributed by atoms with Gasteiger partial charge in [0.1, 0.15) is 6.54 Å². The van der Waals surface area contributed by atoms with Crippen LogP contribution in [0.5, 0.6) is 0 Å². The van der Waals surface area contributed by atoms with Gasteiger partial charge in [-0.2, -0.15) is 0 Å². The lowest BCUT2D eigenvalue weighted by Gasteiger charge is -2.30. The molecule has 0 saturated heterocycles. The van der Waals surface area contributed by atoms with Crippen LogP contribution in [0.15, 0.2) is 22.7 Å². The number of rotatable bonds is 6. The molecule has 0 bridgehead atoms. The van der Waals surface area contributed by atoms with Crippen LogP contribution in [0.4, 0.5) is 5.69 Å². The Balaban J connectivity index is 3.28. The summed E-state index contributed by atoms with van der Waals surface area (Å²) in [5.41, 5.74) is 6.22. The van der Waals surface area contributed by atoms with Crippen LogP contribution < -0.4 is 10.6 Å². The van der Waals surface area contributed by atoms with Crippen LogP contribution in [-0.4, -0.2) is 29.6 Å². The first-order chi connectivity index (χ1) is 8.86. The third-order valence-electron chi connectivity index (χ3n) is 2.96. The molecule has 0 aliphatic rings. The van der Waals surface area contributed by atoms with Crippen LogP contribution in [0.2, 0.25) is 0 Å². The smallest absolute Gasteiger partial charge is 0.323 e. The molecule has 0 fully saturated rings. The summed E-state index contributed by atoms with van der Waals surface area (Å²) in [5, 5.41) is 9.01. The first-order valence-electron chi connectivity index (χ1n) is 5.94. The fraction of sp³-hybridized carbons (Fsp3) is 0.385. The highest BCUT2D eigenvalue weighted by Crippen LogP contribution is 2.26. The summed E-state index contributed by atoms with van der Waals surface area (Å²) in [5.74, 6) is -1.52. The third-order valence-corrected chi connectivity index (χ3v) is 3.46. The quantitative estimate of drug-likeness (QED) is 0.838. The number of carboxylic acids is 1. The molecule has 1 aromatic rings. The van der Waals surface area contributed by atoms with Crippen molar-refractivity contribution in [2.75, 3.05) is 11.4 Å². The van der Waals surface area contributed by atoms with Crippen LogP contribution in [0.3, 0.4) is 0 Å². The van der Waals surface area contributed by atoms with Gasteiger partial charge in [-0.3, -0.25) is 9.59 Å². The van der Waals surface area contributed by atoms with Gasteiger partial charge in [-0.05, 0) is 31.5 Å². The molecule has 1 unspecified atom stereocenters. The van der Waals surface area contributed by atoms with Crippen molar-refractivity contribution in [3.63, 3.8) is 0 Å². The molecule has 0 aliphatic carbocycles. The number of nitrogens with zero attached hydrogens (tertiary/aromatic N) is 1. The van der Waals surface area contributed by atoms with Crippen LogP contribution in [0, 0.1) is 0 Å². The second kappa shape index (κ2) is 6.56. The van der Waals surface area contributed by atoms with Gasteiger partial charge >= 0.3 is 5.97 Å². The van der Waals surface area contributed by atoms with Gasteiger partial charge in [0.15, 0.2) is 0 Å². The predicted octanol–water partition coefficient (Wildman–Crippen LogP) is 2.24. The van der Waals surface area contributed by atoms with E-state index in [1.165, 1.54) is 0 Å². The highest BCUT2D eigenvalue weighted by Gasteiger charge is 2.21. The monoisotopic (exact) mass is 328 g/mol. The van der Waals surface area contributed by atoms with E-state index in [4.69, 9.17) is 10.8 Å². The Bertz CT molecular complexity index is 491. The number of carboxylic acid groups (broad SMARTS) is 1. The van der Waals surface area contributed by atoms with E-state index in [0.29, 0.717) is 11.3 Å². The van der Waals surface area contributed by atoms with Crippen LogP contribution >= 0.6 is 15.9 Å². The molecular formula is C13H17BrN2O3. The Morgan fingerprint density at radius 3 is 2.58 bits per heavy atom. The van der Waals surface area contributed by atoms with Gasteiger partial charge in [0.05, 0.1) is 11.3 Å². The van der Waals surface area contributed by atoms with Crippen molar-refractivity contribution in [1.29, 1.82) is 0 Å². The Hall–Kier alpha value is -1.56. The van der Waals surface area contributed by atoms with Crippen molar-refractivity contribution in [1.82, 2.24) is 0 Å². The highest BCUT2D eigenvalue weighted by molar-refractivity contribution is 9.10. The summed E-state index contributed by atoms with van der Waals surface area (Å²) in [6.07, 6.45) is 0.765. The molecule has 104 valence electrons. The Morgan fingerprint density at radius 1 is 1.47 bits per heavy atom. The number of hydrogen-bond donors (Lipinski definition) is 2. The fourth-order valence-electron chi connectivity index (χ4n) is 1.80. The number of carbonyl (C=O) groups is 2. The number of nitrogens with two attached hydrogens (primary N) is 1. The summed E-state index contributed by atoms with van der Waals surface area (Å²) in [6.45, 7) is 3.70. The summed E-state index contributed by atoms with van der Waals surface area (Å²) in [6, 6.07) is 5.07. The molecule has 0 saturated carbocycles. The van der Waals surface area contributed by atoms with Crippen molar-refractivity contribution in [3.05, 3.63) is 28.2 Å². The lowest BCUT2D eigenvalue weighted by atomic mass is 10.1. The Kier molecular flexibility index (Phi) is 5.35. The largest absolute Gasteiger partial charge is 0.480 e. The molecule has 6 heteroatoms. The van der Waals surface area contributed by atoms with E-state index in [0.717, 1.165) is 10.9 Å². The number of hydrogen-bond acceptors (Lipinski definition) is 3. The summed E-state index contributed by atoms with van der Waals surface area (Å²) in [4.78, 5) is 24.2. The van der Waals surface area contributed by atoms with Crippen molar-refractivity contribution < 1.29 is 14.7 Å². The lowest BCUT2D eigenvalue weighted by Crippen LogP contribution is -2.38. The fourth-order valence-corrected chi connectivity index (χ4v) is 2.16. The molecule has 1 atom stereocenters. The van der Waals surface area contributed by atoms with E-state index in [9.17, 15) is 9.59 Å². The zero-order valence-corrected chi connectivity index (χ0v) is 12.5. The van der Waals surface area contributed by atoms with E-state index >= 15 is 0 Å². The molecule has 1 aromatic carbocycles. The number of benzene rings is 1. The first kappa shape index (κ1) is 15.5. The lowest BCUT2D eigenvalue weighted by molar-refractivity contribution is -0.135. The van der Waals surface area contributed by atoms with Crippen molar-refractivity contribution >= 4 is 33.5 Å². The zero-order valence-electron chi connectivity index (χ0n) is 10.9. The van der Waals surface area contributed by atoms with Gasteiger partial charge in [0.25, 0.3) is 5.91 Å². The molecule has 0 radical (unpaired) electrons.